The van der Waals surface area contributed by atoms with Gasteiger partial charge in [-0.3, -0.25) is 0 Å². The molecule has 0 spiro atoms. The van der Waals surface area contributed by atoms with Crippen LogP contribution in [0.5, 0.6) is 5.75 Å². The van der Waals surface area contributed by atoms with Crippen LogP contribution in [0.4, 0.5) is 4.39 Å². The summed E-state index contributed by atoms with van der Waals surface area (Å²) in [5.74, 6) is -0.768. The second kappa shape index (κ2) is 8.07. The highest BCUT2D eigenvalue weighted by atomic mass is 32.2. The molecule has 9 heteroatoms. The highest BCUT2D eigenvalue weighted by Gasteiger charge is 2.35. The van der Waals surface area contributed by atoms with Gasteiger partial charge in [0, 0.05) is 17.0 Å². The molecule has 1 atom stereocenters. The fourth-order valence-electron chi connectivity index (χ4n) is 2.55. The van der Waals surface area contributed by atoms with Gasteiger partial charge >= 0.3 is 0 Å². The minimum absolute atomic E-state index is 0.00943. The Bertz CT molecular complexity index is 952. The summed E-state index contributed by atoms with van der Waals surface area (Å²) >= 11 is 2.73. The van der Waals surface area contributed by atoms with Crippen LogP contribution in [-0.2, 0) is 15.6 Å². The molecule has 0 bridgehead atoms. The maximum absolute atomic E-state index is 14.0. The van der Waals surface area contributed by atoms with E-state index in [2.05, 4.69) is 4.72 Å². The van der Waals surface area contributed by atoms with E-state index in [1.807, 2.05) is 10.8 Å². The third kappa shape index (κ3) is 4.22. The van der Waals surface area contributed by atoms with E-state index < -0.39 is 21.4 Å². The first-order valence-corrected chi connectivity index (χ1v) is 11.4. The molecule has 27 heavy (non-hydrogen) atoms. The molecule has 0 aliphatic rings. The molecule has 0 radical (unpaired) electrons. The number of rotatable bonds is 8. The summed E-state index contributed by atoms with van der Waals surface area (Å²) < 4.78 is 46.7. The van der Waals surface area contributed by atoms with Gasteiger partial charge in [0.1, 0.15) is 5.60 Å². The fourth-order valence-corrected chi connectivity index (χ4v) is 5.19. The van der Waals surface area contributed by atoms with Crippen molar-refractivity contribution >= 4 is 32.7 Å². The zero-order valence-corrected chi connectivity index (χ0v) is 16.8. The first-order valence-electron chi connectivity index (χ1n) is 8.08. The smallest absolute Gasteiger partial charge is 0.240 e. The Balaban J connectivity index is 1.86. The summed E-state index contributed by atoms with van der Waals surface area (Å²) in [6, 6.07) is 8.72. The zero-order valence-electron chi connectivity index (χ0n) is 14.4. The molecular formula is C18H18FNO4S3. The number of halogens is 1. The number of hydrogen-bond acceptors (Lipinski definition) is 6. The van der Waals surface area contributed by atoms with Crippen molar-refractivity contribution in [1.82, 2.24) is 4.72 Å². The Morgan fingerprint density at radius 3 is 2.67 bits per heavy atom. The highest BCUT2D eigenvalue weighted by Crippen LogP contribution is 2.34. The molecule has 5 nitrogen and oxygen atoms in total. The van der Waals surface area contributed by atoms with E-state index in [4.69, 9.17) is 4.74 Å². The average Bonchev–Trinajstić information content (AvgIpc) is 3.35. The van der Waals surface area contributed by atoms with Gasteiger partial charge in [-0.15, -0.1) is 11.3 Å². The SMILES string of the molecule is CCOc1ccc(S(=O)(=O)NC[C@](O)(c2ccsc2)c2cccs2)cc1F. The third-order valence-electron chi connectivity index (χ3n) is 3.96. The Hall–Kier alpha value is -1.78. The van der Waals surface area contributed by atoms with Gasteiger partial charge in [-0.1, -0.05) is 6.07 Å². The van der Waals surface area contributed by atoms with E-state index in [9.17, 15) is 17.9 Å². The molecule has 3 rings (SSSR count). The molecular weight excluding hydrogens is 409 g/mol. The zero-order chi connectivity index (χ0) is 19.5. The van der Waals surface area contributed by atoms with Crippen molar-refractivity contribution < 1.29 is 22.7 Å². The molecule has 1 aromatic carbocycles. The lowest BCUT2D eigenvalue weighted by Gasteiger charge is -2.27. The molecule has 2 aromatic heterocycles. The van der Waals surface area contributed by atoms with E-state index >= 15 is 0 Å². The average molecular weight is 428 g/mol. The fraction of sp³-hybridized carbons (Fsp3) is 0.222. The van der Waals surface area contributed by atoms with Crippen LogP contribution in [0.25, 0.3) is 0 Å². The van der Waals surface area contributed by atoms with Crippen molar-refractivity contribution in [2.45, 2.75) is 17.4 Å². The van der Waals surface area contributed by atoms with Gasteiger partial charge in [0.05, 0.1) is 11.5 Å². The summed E-state index contributed by atoms with van der Waals surface area (Å²) in [5.41, 5.74) is -0.916. The third-order valence-corrected chi connectivity index (χ3v) is 7.06. The quantitative estimate of drug-likeness (QED) is 0.576. The largest absolute Gasteiger partial charge is 0.491 e. The molecule has 0 saturated carbocycles. The monoisotopic (exact) mass is 427 g/mol. The van der Waals surface area contributed by atoms with Crippen LogP contribution >= 0.6 is 22.7 Å². The van der Waals surface area contributed by atoms with Crippen LogP contribution in [0.15, 0.2) is 57.4 Å². The molecule has 2 heterocycles. The lowest BCUT2D eigenvalue weighted by molar-refractivity contribution is 0.0903. The Kier molecular flexibility index (Phi) is 5.97. The van der Waals surface area contributed by atoms with Gasteiger partial charge in [0.15, 0.2) is 11.6 Å². The molecule has 0 amide bonds. The number of aliphatic hydroxyl groups is 1. The van der Waals surface area contributed by atoms with E-state index in [1.54, 1.807) is 30.5 Å². The molecule has 2 N–H and O–H groups in total. The van der Waals surface area contributed by atoms with E-state index in [-0.39, 0.29) is 23.8 Å². The lowest BCUT2D eigenvalue weighted by atomic mass is 9.95. The second-order valence-corrected chi connectivity index (χ2v) is 9.19. The minimum atomic E-state index is -4.03. The first-order chi connectivity index (χ1) is 12.9. The number of sulfonamides is 1. The van der Waals surface area contributed by atoms with Gasteiger partial charge in [-0.2, -0.15) is 11.3 Å². The number of ether oxygens (including phenoxy) is 1. The molecule has 0 unspecified atom stereocenters. The highest BCUT2D eigenvalue weighted by molar-refractivity contribution is 7.89. The molecule has 0 fully saturated rings. The van der Waals surface area contributed by atoms with Gasteiger partial charge in [-0.25, -0.2) is 17.5 Å². The van der Waals surface area contributed by atoms with Gasteiger partial charge in [0.2, 0.25) is 10.0 Å². The molecule has 0 aliphatic heterocycles. The van der Waals surface area contributed by atoms with Crippen LogP contribution in [0.2, 0.25) is 0 Å². The van der Waals surface area contributed by atoms with E-state index in [1.165, 1.54) is 34.8 Å². The number of thiophene rings is 2. The van der Waals surface area contributed by atoms with E-state index in [0.29, 0.717) is 10.4 Å². The molecule has 144 valence electrons. The predicted molar refractivity (Wildman–Crippen MR) is 104 cm³/mol. The second-order valence-electron chi connectivity index (χ2n) is 5.70. The van der Waals surface area contributed by atoms with E-state index in [0.717, 1.165) is 6.07 Å². The van der Waals surface area contributed by atoms with Crippen LogP contribution in [0.3, 0.4) is 0 Å². The normalized spacial score (nSPS) is 14.0. The van der Waals surface area contributed by atoms with Crippen molar-refractivity contribution in [2.24, 2.45) is 0 Å². The summed E-state index contributed by atoms with van der Waals surface area (Å²) in [7, 11) is -4.03. The Morgan fingerprint density at radius 2 is 2.07 bits per heavy atom. The molecule has 0 aliphatic carbocycles. The van der Waals surface area contributed by atoms with Crippen LogP contribution in [-0.4, -0.2) is 26.7 Å². The standard InChI is InChI=1S/C18H18FNO4S3/c1-2-24-16-6-5-14(10-15(16)19)27(22,23)20-12-18(21,13-7-9-25-11-13)17-4-3-8-26-17/h3-11,20-21H,2,12H2,1H3/t18-/m0/s1. The van der Waals surface area contributed by atoms with Crippen LogP contribution < -0.4 is 9.46 Å². The Morgan fingerprint density at radius 1 is 1.26 bits per heavy atom. The topological polar surface area (TPSA) is 75.6 Å². The van der Waals surface area contributed by atoms with Crippen molar-refractivity contribution in [3.63, 3.8) is 0 Å². The summed E-state index contributed by atoms with van der Waals surface area (Å²) in [6.45, 7) is 1.71. The van der Waals surface area contributed by atoms with Crippen molar-refractivity contribution in [1.29, 1.82) is 0 Å². The summed E-state index contributed by atoms with van der Waals surface area (Å²) in [4.78, 5) is 0.378. The van der Waals surface area contributed by atoms with Gasteiger partial charge < -0.3 is 9.84 Å². The summed E-state index contributed by atoms with van der Waals surface area (Å²) in [5, 5.41) is 16.6. The number of hydrogen-bond donors (Lipinski definition) is 2. The van der Waals surface area contributed by atoms with Crippen LogP contribution in [0, 0.1) is 5.82 Å². The number of nitrogens with one attached hydrogen (secondary N) is 1. The van der Waals surface area contributed by atoms with Gasteiger partial charge in [-0.05, 0) is 53.4 Å². The van der Waals surface area contributed by atoms with Crippen LogP contribution in [0.1, 0.15) is 17.4 Å². The lowest BCUT2D eigenvalue weighted by Crippen LogP contribution is -2.40. The molecule has 0 saturated heterocycles. The number of benzene rings is 1. The minimum Gasteiger partial charge on any atom is -0.491 e. The van der Waals surface area contributed by atoms with Crippen molar-refractivity contribution in [3.8, 4) is 5.75 Å². The Labute approximate surface area is 165 Å². The van der Waals surface area contributed by atoms with Crippen molar-refractivity contribution in [3.05, 3.63) is 68.8 Å². The van der Waals surface area contributed by atoms with Gasteiger partial charge in [0.25, 0.3) is 0 Å². The predicted octanol–water partition coefficient (Wildman–Crippen LogP) is 3.56. The maximum atomic E-state index is 14.0. The maximum Gasteiger partial charge on any atom is 0.240 e. The first kappa shape index (κ1) is 20.0. The molecule has 3 aromatic rings. The summed E-state index contributed by atoms with van der Waals surface area (Å²) in [6.07, 6.45) is 0. The van der Waals surface area contributed by atoms with Crippen molar-refractivity contribution in [2.75, 3.05) is 13.2 Å².